The maximum atomic E-state index is 7.04. The Morgan fingerprint density at radius 3 is 1.71 bits per heavy atom. The minimum Gasteiger partial charge on any atom is -0.438 e. The van der Waals surface area contributed by atoms with E-state index in [1.54, 1.807) is 21.5 Å². The van der Waals surface area contributed by atoms with E-state index in [2.05, 4.69) is 5.16 Å². The van der Waals surface area contributed by atoms with Gasteiger partial charge in [0.2, 0.25) is 17.9 Å². The van der Waals surface area contributed by atoms with E-state index in [0.29, 0.717) is 62.1 Å². The van der Waals surface area contributed by atoms with Crippen molar-refractivity contribution in [2.24, 2.45) is 10.3 Å². The minimum absolute atomic E-state index is 0.161. The molecule has 4 aliphatic rings. The molecule has 0 radical (unpaired) electrons. The van der Waals surface area contributed by atoms with Crippen molar-refractivity contribution < 1.29 is 23.9 Å². The van der Waals surface area contributed by atoms with E-state index in [-0.39, 0.29) is 5.90 Å². The highest BCUT2D eigenvalue weighted by atomic mass is 35.5. The number of aryl methyl sites for hydroxylation is 2. The third kappa shape index (κ3) is 5.42. The Labute approximate surface area is 320 Å². The van der Waals surface area contributed by atoms with Crippen molar-refractivity contribution in [2.45, 2.75) is 31.7 Å². The molecule has 6 bridgehead atoms. The molecule has 55 heavy (non-hydrogen) atoms. The molecule has 0 saturated carbocycles. The second-order valence-corrected chi connectivity index (χ2v) is 13.8. The Morgan fingerprint density at radius 2 is 1.13 bits per heavy atom. The molecule has 0 saturated heterocycles. The quantitative estimate of drug-likeness (QED) is 0.177. The second kappa shape index (κ2) is 12.9. The fourth-order valence-electron chi connectivity index (χ4n) is 7.34. The van der Waals surface area contributed by atoms with Crippen molar-refractivity contribution >= 4 is 23.2 Å². The van der Waals surface area contributed by atoms with E-state index in [1.807, 2.05) is 141 Å². The van der Waals surface area contributed by atoms with Crippen LogP contribution in [0, 0.1) is 13.8 Å². The van der Waals surface area contributed by atoms with Gasteiger partial charge in [0.1, 0.15) is 22.8 Å². The number of hydrogen-bond acceptors (Lipinski definition) is 9. The molecule has 6 heterocycles. The van der Waals surface area contributed by atoms with E-state index in [9.17, 15) is 0 Å². The van der Waals surface area contributed by atoms with Gasteiger partial charge in [0.05, 0.1) is 34.2 Å². The number of halogens is 1. The fourth-order valence-corrected chi connectivity index (χ4v) is 7.47. The summed E-state index contributed by atoms with van der Waals surface area (Å²) < 4.78 is 24.0. The van der Waals surface area contributed by atoms with Crippen LogP contribution >= 0.6 is 11.6 Å². The molecule has 4 aliphatic heterocycles. The molecule has 0 spiro atoms. The lowest BCUT2D eigenvalue weighted by Gasteiger charge is -2.33. The van der Waals surface area contributed by atoms with Gasteiger partial charge >= 0.3 is 5.79 Å². The van der Waals surface area contributed by atoms with Crippen molar-refractivity contribution in [3.63, 3.8) is 0 Å². The van der Waals surface area contributed by atoms with Crippen LogP contribution in [0.1, 0.15) is 39.6 Å². The van der Waals surface area contributed by atoms with Crippen LogP contribution in [0.25, 0.3) is 11.4 Å². The summed E-state index contributed by atoms with van der Waals surface area (Å²) >= 11 is 6.44. The molecule has 11 rings (SSSR count). The summed E-state index contributed by atoms with van der Waals surface area (Å²) in [4.78, 5) is 13.1. The highest BCUT2D eigenvalue weighted by Crippen LogP contribution is 2.50. The first-order chi connectivity index (χ1) is 27.0. The molecular weight excluding hydrogens is 716 g/mol. The van der Waals surface area contributed by atoms with Gasteiger partial charge < -0.3 is 23.9 Å². The lowest BCUT2D eigenvalue weighted by atomic mass is 9.80. The maximum absolute atomic E-state index is 7.04. The van der Waals surface area contributed by atoms with Gasteiger partial charge in [0.25, 0.3) is 5.90 Å². The molecular formula is C43H31ClN6O5. The van der Waals surface area contributed by atoms with Gasteiger partial charge in [-0.05, 0) is 97.4 Å². The van der Waals surface area contributed by atoms with Crippen LogP contribution in [0.2, 0.25) is 5.02 Å². The van der Waals surface area contributed by atoms with Gasteiger partial charge in [-0.25, -0.2) is 0 Å². The SMILES string of the molecule is Cc1nn(-c2ccccc2)c2c1C1=NO[C@](c3ccc(Cl)cc3)(O1)[C@@H]1ON=C(c3c(C)nn(-c4ccccc4)c3Oc3ccc(cc3)O2)[C@H]1c1ccccc1. The summed E-state index contributed by atoms with van der Waals surface area (Å²) in [6.45, 7) is 3.81. The Bertz CT molecular complexity index is 2610. The monoisotopic (exact) mass is 746 g/mol. The average molecular weight is 747 g/mol. The van der Waals surface area contributed by atoms with E-state index < -0.39 is 17.8 Å². The molecule has 270 valence electrons. The molecule has 0 fully saturated rings. The first-order valence-corrected chi connectivity index (χ1v) is 18.1. The molecule has 2 aromatic heterocycles. The zero-order chi connectivity index (χ0) is 37.1. The van der Waals surface area contributed by atoms with Crippen molar-refractivity contribution in [1.29, 1.82) is 0 Å². The normalized spacial score (nSPS) is 19.5. The first kappa shape index (κ1) is 32.8. The van der Waals surface area contributed by atoms with Gasteiger partial charge in [-0.15, -0.1) is 0 Å². The smallest absolute Gasteiger partial charge is 0.344 e. The number of hydrogen-bond donors (Lipinski definition) is 0. The van der Waals surface area contributed by atoms with Gasteiger partial charge in [-0.3, -0.25) is 0 Å². The molecule has 11 nitrogen and oxygen atoms in total. The summed E-state index contributed by atoms with van der Waals surface area (Å²) in [6, 6.07) is 44.1. The molecule has 0 unspecified atom stereocenters. The number of aromatic nitrogens is 4. The standard InChI is InChI=1S/C43H31ClN6O5/c1-26-35-38-37(28-12-6-3-7-13-28)39(54-47-38)43(29-18-20-30(44)21-19-29)53-40(48-55-43)36-27(2)46-50(32-16-10-5-11-17-32)42(36)52-34-24-22-33(23-25-34)51-41(35)49(45-26)31-14-8-4-9-15-31/h3-25,37,39H,1-2H3/t37-,39-,43+/m1/s1. The molecule has 0 amide bonds. The summed E-state index contributed by atoms with van der Waals surface area (Å²) in [5.41, 5.74) is 6.14. The number of para-hydroxylation sites is 2. The molecule has 0 aliphatic carbocycles. The number of oxime groups is 2. The third-order valence-corrected chi connectivity index (χ3v) is 10.2. The zero-order valence-electron chi connectivity index (χ0n) is 29.5. The molecule has 0 N–H and O–H groups in total. The second-order valence-electron chi connectivity index (χ2n) is 13.4. The van der Waals surface area contributed by atoms with Gasteiger partial charge in [0.15, 0.2) is 0 Å². The van der Waals surface area contributed by atoms with Crippen molar-refractivity contribution in [1.82, 2.24) is 19.6 Å². The predicted octanol–water partition coefficient (Wildman–Crippen LogP) is 9.37. The zero-order valence-corrected chi connectivity index (χ0v) is 30.3. The topological polar surface area (TPSA) is 107 Å². The van der Waals surface area contributed by atoms with E-state index in [4.69, 9.17) is 50.8 Å². The summed E-state index contributed by atoms with van der Waals surface area (Å²) in [5, 5.41) is 19.9. The Balaban J connectivity index is 1.23. The van der Waals surface area contributed by atoms with Crippen LogP contribution in [-0.2, 0) is 20.2 Å². The number of ether oxygens (including phenoxy) is 3. The largest absolute Gasteiger partial charge is 0.438 e. The van der Waals surface area contributed by atoms with Gasteiger partial charge in [-0.1, -0.05) is 83.5 Å². The van der Waals surface area contributed by atoms with E-state index in [0.717, 1.165) is 16.9 Å². The lowest BCUT2D eigenvalue weighted by molar-refractivity contribution is -0.240. The fraction of sp³-hybridized carbons (Fsp3) is 0.116. The summed E-state index contributed by atoms with van der Waals surface area (Å²) in [6.07, 6.45) is -0.917. The maximum Gasteiger partial charge on any atom is 0.344 e. The Hall–Kier alpha value is -6.85. The average Bonchev–Trinajstić information content (AvgIpc) is 4.00. The van der Waals surface area contributed by atoms with Crippen LogP contribution in [0.4, 0.5) is 0 Å². The lowest BCUT2D eigenvalue weighted by Crippen LogP contribution is -2.46. The number of rotatable bonds is 4. The predicted molar refractivity (Wildman–Crippen MR) is 206 cm³/mol. The van der Waals surface area contributed by atoms with Crippen molar-refractivity contribution in [3.05, 3.63) is 178 Å². The van der Waals surface area contributed by atoms with E-state index in [1.165, 1.54) is 0 Å². The summed E-state index contributed by atoms with van der Waals surface area (Å²) in [7, 11) is 0. The molecule has 7 aromatic rings. The molecule has 3 atom stereocenters. The number of nitrogens with zero attached hydrogens (tertiary/aromatic N) is 6. The van der Waals surface area contributed by atoms with Crippen molar-refractivity contribution in [3.8, 4) is 34.6 Å². The summed E-state index contributed by atoms with van der Waals surface area (Å²) in [5.74, 6) is -0.138. The number of fused-ring (bicyclic) bond motifs is 2. The van der Waals surface area contributed by atoms with Crippen LogP contribution in [0.5, 0.6) is 23.3 Å². The van der Waals surface area contributed by atoms with Crippen LogP contribution < -0.4 is 9.47 Å². The molecule has 12 heteroatoms. The minimum atomic E-state index is -1.66. The highest BCUT2D eigenvalue weighted by molar-refractivity contribution is 6.30. The first-order valence-electron chi connectivity index (χ1n) is 17.7. The Morgan fingerprint density at radius 1 is 0.600 bits per heavy atom. The van der Waals surface area contributed by atoms with E-state index >= 15 is 0 Å². The van der Waals surface area contributed by atoms with Gasteiger partial charge in [0, 0.05) is 10.6 Å². The highest BCUT2D eigenvalue weighted by Gasteiger charge is 2.60. The van der Waals surface area contributed by atoms with Crippen molar-refractivity contribution in [2.75, 3.05) is 0 Å². The van der Waals surface area contributed by atoms with Crippen LogP contribution in [0.15, 0.2) is 150 Å². The third-order valence-electron chi connectivity index (χ3n) is 9.91. The molecule has 5 aromatic carbocycles. The Kier molecular flexibility index (Phi) is 7.70. The number of benzene rings is 5. The van der Waals surface area contributed by atoms with Crippen LogP contribution in [-0.4, -0.2) is 37.3 Å². The van der Waals surface area contributed by atoms with Crippen LogP contribution in [0.3, 0.4) is 0 Å². The van der Waals surface area contributed by atoms with Gasteiger partial charge in [-0.2, -0.15) is 19.6 Å².